The highest BCUT2D eigenvalue weighted by Gasteiger charge is 2.10. The molecule has 0 aliphatic rings. The lowest BCUT2D eigenvalue weighted by atomic mass is 10.2. The zero-order valence-electron chi connectivity index (χ0n) is 9.64. The number of nitrogen functional groups attached to an aromatic ring is 1. The Labute approximate surface area is 103 Å². The summed E-state index contributed by atoms with van der Waals surface area (Å²) in [7, 11) is 0. The van der Waals surface area contributed by atoms with E-state index in [2.05, 4.69) is 15.3 Å². The molecule has 2 aromatic rings. The van der Waals surface area contributed by atoms with E-state index in [1.807, 2.05) is 0 Å². The van der Waals surface area contributed by atoms with E-state index in [1.54, 1.807) is 13.0 Å². The molecule has 0 radical (unpaired) electrons. The molecule has 92 valence electrons. The second-order valence-electron chi connectivity index (χ2n) is 3.76. The van der Waals surface area contributed by atoms with Gasteiger partial charge in [-0.3, -0.25) is 4.79 Å². The lowest BCUT2D eigenvalue weighted by Gasteiger charge is -2.06. The molecule has 5 nitrogen and oxygen atoms in total. The van der Waals surface area contributed by atoms with Gasteiger partial charge in [0.2, 0.25) is 0 Å². The number of hydrogen-bond donors (Lipinski definition) is 2. The maximum absolute atomic E-state index is 13.4. The first kappa shape index (κ1) is 12.0. The molecule has 0 atom stereocenters. The summed E-state index contributed by atoms with van der Waals surface area (Å²) in [4.78, 5) is 19.3. The molecule has 18 heavy (non-hydrogen) atoms. The van der Waals surface area contributed by atoms with Gasteiger partial charge in [0.15, 0.2) is 0 Å². The number of aromatic nitrogens is 2. The van der Waals surface area contributed by atoms with Gasteiger partial charge in [-0.2, -0.15) is 0 Å². The predicted molar refractivity (Wildman–Crippen MR) is 65.5 cm³/mol. The first-order valence-corrected chi connectivity index (χ1v) is 5.21. The second kappa shape index (κ2) is 4.79. The fourth-order valence-electron chi connectivity index (χ4n) is 1.38. The van der Waals surface area contributed by atoms with Crippen molar-refractivity contribution in [3.05, 3.63) is 47.7 Å². The van der Waals surface area contributed by atoms with Crippen LogP contribution in [-0.2, 0) is 0 Å². The number of halogens is 1. The van der Waals surface area contributed by atoms with Crippen LogP contribution < -0.4 is 11.1 Å². The van der Waals surface area contributed by atoms with Gasteiger partial charge in [-0.1, -0.05) is 6.07 Å². The number of nitrogens with one attached hydrogen (secondary N) is 1. The van der Waals surface area contributed by atoms with Crippen LogP contribution in [0.15, 0.2) is 30.6 Å². The highest BCUT2D eigenvalue weighted by atomic mass is 19.1. The number of nitrogens with two attached hydrogens (primary N) is 1. The van der Waals surface area contributed by atoms with Gasteiger partial charge in [-0.05, 0) is 24.6 Å². The minimum atomic E-state index is -0.535. The Morgan fingerprint density at radius 1 is 1.33 bits per heavy atom. The quantitative estimate of drug-likeness (QED) is 0.846. The standard InChI is InChI=1S/C12H11FN4O/c1-7-2-3-8(13)9(4-7)17-12(18)10-5-16-11(14)6-15-10/h2-6H,1H3,(H2,14,16)(H,17,18). The van der Waals surface area contributed by atoms with Gasteiger partial charge in [-0.15, -0.1) is 0 Å². The molecular formula is C12H11FN4O. The first-order valence-electron chi connectivity index (χ1n) is 5.21. The normalized spacial score (nSPS) is 10.1. The number of nitrogens with zero attached hydrogens (tertiary/aromatic N) is 2. The zero-order valence-corrected chi connectivity index (χ0v) is 9.64. The number of amides is 1. The van der Waals surface area contributed by atoms with E-state index >= 15 is 0 Å². The maximum Gasteiger partial charge on any atom is 0.275 e. The number of benzene rings is 1. The van der Waals surface area contributed by atoms with E-state index in [9.17, 15) is 9.18 Å². The molecule has 2 rings (SSSR count). The third-order valence-electron chi connectivity index (χ3n) is 2.27. The fourth-order valence-corrected chi connectivity index (χ4v) is 1.38. The molecular weight excluding hydrogens is 235 g/mol. The largest absolute Gasteiger partial charge is 0.382 e. The Morgan fingerprint density at radius 3 is 2.78 bits per heavy atom. The molecule has 0 unspecified atom stereocenters. The number of hydrogen-bond acceptors (Lipinski definition) is 4. The molecule has 0 aliphatic carbocycles. The van der Waals surface area contributed by atoms with E-state index in [0.717, 1.165) is 5.56 Å². The summed E-state index contributed by atoms with van der Waals surface area (Å²) in [5.74, 6) is -0.822. The summed E-state index contributed by atoms with van der Waals surface area (Å²) in [6, 6.07) is 4.45. The smallest absolute Gasteiger partial charge is 0.275 e. The van der Waals surface area contributed by atoms with Crippen LogP contribution in [0.5, 0.6) is 0 Å². The Morgan fingerprint density at radius 2 is 2.11 bits per heavy atom. The number of aryl methyl sites for hydroxylation is 1. The SMILES string of the molecule is Cc1ccc(F)c(NC(=O)c2cnc(N)cn2)c1. The first-order chi connectivity index (χ1) is 8.56. The number of carbonyl (C=O) groups excluding carboxylic acids is 1. The van der Waals surface area contributed by atoms with Gasteiger partial charge in [0, 0.05) is 0 Å². The molecule has 0 saturated carbocycles. The molecule has 6 heteroatoms. The summed E-state index contributed by atoms with van der Waals surface area (Å²) in [5.41, 5.74) is 6.38. The molecule has 3 N–H and O–H groups in total. The van der Waals surface area contributed by atoms with E-state index in [0.29, 0.717) is 0 Å². The van der Waals surface area contributed by atoms with Crippen molar-refractivity contribution in [1.29, 1.82) is 0 Å². The van der Waals surface area contributed by atoms with E-state index in [-0.39, 0.29) is 17.2 Å². The molecule has 1 amide bonds. The van der Waals surface area contributed by atoms with Crippen LogP contribution in [0.25, 0.3) is 0 Å². The molecule has 0 fully saturated rings. The van der Waals surface area contributed by atoms with Crippen LogP contribution in [0.2, 0.25) is 0 Å². The molecule has 0 bridgehead atoms. The fraction of sp³-hybridized carbons (Fsp3) is 0.0833. The number of carbonyl (C=O) groups is 1. The average molecular weight is 246 g/mol. The van der Waals surface area contributed by atoms with E-state index in [1.165, 1.54) is 24.5 Å². The Bertz CT molecular complexity index is 583. The monoisotopic (exact) mass is 246 g/mol. The lowest BCUT2D eigenvalue weighted by Crippen LogP contribution is -2.15. The summed E-state index contributed by atoms with van der Waals surface area (Å²) in [6.45, 7) is 1.80. The summed E-state index contributed by atoms with van der Waals surface area (Å²) in [5, 5.41) is 2.43. The molecule has 0 saturated heterocycles. The third kappa shape index (κ3) is 2.60. The van der Waals surface area contributed by atoms with Crippen molar-refractivity contribution < 1.29 is 9.18 Å². The van der Waals surface area contributed by atoms with Gasteiger partial charge in [0.25, 0.3) is 5.91 Å². The van der Waals surface area contributed by atoms with E-state index < -0.39 is 11.7 Å². The highest BCUT2D eigenvalue weighted by molar-refractivity contribution is 6.02. The van der Waals surface area contributed by atoms with Crippen molar-refractivity contribution in [2.45, 2.75) is 6.92 Å². The molecule has 0 spiro atoms. The van der Waals surface area contributed by atoms with Gasteiger partial charge in [0.05, 0.1) is 18.1 Å². The summed E-state index contributed by atoms with van der Waals surface area (Å²) < 4.78 is 13.4. The van der Waals surface area contributed by atoms with Crippen LogP contribution in [0.3, 0.4) is 0 Å². The highest BCUT2D eigenvalue weighted by Crippen LogP contribution is 2.16. The molecule has 0 aliphatic heterocycles. The Kier molecular flexibility index (Phi) is 3.18. The minimum Gasteiger partial charge on any atom is -0.382 e. The Hall–Kier alpha value is -2.50. The van der Waals surface area contributed by atoms with Crippen LogP contribution in [0, 0.1) is 12.7 Å². The van der Waals surface area contributed by atoms with Gasteiger partial charge in [-0.25, -0.2) is 14.4 Å². The number of anilines is 2. The summed E-state index contributed by atoms with van der Waals surface area (Å²) >= 11 is 0. The number of rotatable bonds is 2. The van der Waals surface area contributed by atoms with Crippen molar-refractivity contribution in [2.75, 3.05) is 11.1 Å². The van der Waals surface area contributed by atoms with Crippen LogP contribution >= 0.6 is 0 Å². The van der Waals surface area contributed by atoms with Crippen molar-refractivity contribution >= 4 is 17.4 Å². The van der Waals surface area contributed by atoms with Crippen LogP contribution in [-0.4, -0.2) is 15.9 Å². The lowest BCUT2D eigenvalue weighted by molar-refractivity contribution is 0.102. The minimum absolute atomic E-state index is 0.0742. The van der Waals surface area contributed by atoms with Crippen LogP contribution in [0.4, 0.5) is 15.9 Å². The van der Waals surface area contributed by atoms with Gasteiger partial charge in [0.1, 0.15) is 17.3 Å². The van der Waals surface area contributed by atoms with Gasteiger partial charge < -0.3 is 11.1 Å². The van der Waals surface area contributed by atoms with Crippen molar-refractivity contribution in [3.63, 3.8) is 0 Å². The molecule has 1 heterocycles. The van der Waals surface area contributed by atoms with Crippen molar-refractivity contribution in [2.24, 2.45) is 0 Å². The second-order valence-corrected chi connectivity index (χ2v) is 3.76. The Balaban J connectivity index is 2.21. The van der Waals surface area contributed by atoms with Gasteiger partial charge >= 0.3 is 0 Å². The summed E-state index contributed by atoms with van der Waals surface area (Å²) in [6.07, 6.45) is 2.50. The topological polar surface area (TPSA) is 80.9 Å². The third-order valence-corrected chi connectivity index (χ3v) is 2.27. The van der Waals surface area contributed by atoms with Crippen molar-refractivity contribution in [1.82, 2.24) is 9.97 Å². The molecule has 1 aromatic heterocycles. The predicted octanol–water partition coefficient (Wildman–Crippen LogP) is 1.76. The zero-order chi connectivity index (χ0) is 13.1. The average Bonchev–Trinajstić information content (AvgIpc) is 2.34. The van der Waals surface area contributed by atoms with Crippen LogP contribution in [0.1, 0.15) is 16.1 Å². The molecule has 1 aromatic carbocycles. The maximum atomic E-state index is 13.4. The van der Waals surface area contributed by atoms with Crippen molar-refractivity contribution in [3.8, 4) is 0 Å². The van der Waals surface area contributed by atoms with E-state index in [4.69, 9.17) is 5.73 Å².